The quantitative estimate of drug-likeness (QED) is 0.436. The average Bonchev–Trinajstić information content (AvgIpc) is 2.88. The van der Waals surface area contributed by atoms with E-state index in [1.165, 1.54) is 0 Å². The second-order valence-electron chi connectivity index (χ2n) is 5.82. The number of halogens is 1. The summed E-state index contributed by atoms with van der Waals surface area (Å²) in [6, 6.07) is 16.8. The first kappa shape index (κ1) is 15.1. The van der Waals surface area contributed by atoms with E-state index in [4.69, 9.17) is 0 Å². The van der Waals surface area contributed by atoms with Crippen LogP contribution in [0.25, 0.3) is 0 Å². The summed E-state index contributed by atoms with van der Waals surface area (Å²) in [6.45, 7) is 0. The van der Waals surface area contributed by atoms with Crippen molar-refractivity contribution in [1.29, 1.82) is 0 Å². The van der Waals surface area contributed by atoms with Crippen LogP contribution >= 0.6 is 15.9 Å². The van der Waals surface area contributed by atoms with Crippen LogP contribution in [-0.2, 0) is 0 Å². The molecule has 2 aliphatic rings. The Morgan fingerprint density at radius 2 is 1.42 bits per heavy atom. The number of ketones is 2. The summed E-state index contributed by atoms with van der Waals surface area (Å²) in [4.78, 5) is 25.1. The number of azo groups is 1. The van der Waals surface area contributed by atoms with Crippen LogP contribution in [0.2, 0.25) is 0 Å². The molecule has 0 bridgehead atoms. The molecule has 0 fully saturated rings. The third-order valence-electron chi connectivity index (χ3n) is 4.39. The molecule has 118 valence electrons. The van der Waals surface area contributed by atoms with Gasteiger partial charge in [0, 0.05) is 17.0 Å². The molecule has 0 saturated heterocycles. The van der Waals surface area contributed by atoms with Crippen LogP contribution in [0.3, 0.4) is 0 Å². The third kappa shape index (κ3) is 2.36. The van der Waals surface area contributed by atoms with Crippen molar-refractivity contribution in [2.45, 2.75) is 10.9 Å². The number of carbonyl (C=O) groups excluding carboxylic acids is 2. The van der Waals surface area contributed by atoms with E-state index >= 15 is 0 Å². The SMILES string of the molecule is O=C1c2ccccc2C(=O)C1C1=C[C@H](c2ccccc2)[C@H](Br)N=N1. The van der Waals surface area contributed by atoms with Crippen LogP contribution < -0.4 is 0 Å². The zero-order chi connectivity index (χ0) is 16.7. The monoisotopic (exact) mass is 380 g/mol. The van der Waals surface area contributed by atoms with Crippen molar-refractivity contribution in [2.24, 2.45) is 16.1 Å². The lowest BCUT2D eigenvalue weighted by atomic mass is 9.92. The van der Waals surface area contributed by atoms with E-state index in [0.29, 0.717) is 16.8 Å². The Morgan fingerprint density at radius 3 is 2.04 bits per heavy atom. The van der Waals surface area contributed by atoms with E-state index in [9.17, 15) is 9.59 Å². The molecule has 0 amide bonds. The highest BCUT2D eigenvalue weighted by Gasteiger charge is 2.42. The van der Waals surface area contributed by atoms with Crippen LogP contribution in [0.15, 0.2) is 76.6 Å². The van der Waals surface area contributed by atoms with Crippen LogP contribution in [0, 0.1) is 5.92 Å². The van der Waals surface area contributed by atoms with Crippen molar-refractivity contribution in [3.8, 4) is 0 Å². The van der Waals surface area contributed by atoms with Gasteiger partial charge in [0.05, 0.1) is 5.70 Å². The van der Waals surface area contributed by atoms with Crippen LogP contribution in [-0.4, -0.2) is 16.5 Å². The summed E-state index contributed by atoms with van der Waals surface area (Å²) in [5.74, 6) is -1.33. The largest absolute Gasteiger partial charge is 0.293 e. The van der Waals surface area contributed by atoms with E-state index in [1.807, 2.05) is 36.4 Å². The summed E-state index contributed by atoms with van der Waals surface area (Å²) in [5.41, 5.74) is 2.44. The van der Waals surface area contributed by atoms with Crippen molar-refractivity contribution in [1.82, 2.24) is 0 Å². The van der Waals surface area contributed by atoms with Crippen molar-refractivity contribution < 1.29 is 9.59 Å². The molecule has 5 heteroatoms. The number of allylic oxidation sites excluding steroid dienone is 1. The molecule has 4 rings (SSSR count). The standard InChI is InChI=1S/C19H13BrN2O2/c20-19-14(11-6-2-1-3-7-11)10-15(21-22-19)16-17(23)12-8-4-5-9-13(12)18(16)24/h1-10,14,16,19H/t14-,19-/m1/s1. The summed E-state index contributed by atoms with van der Waals surface area (Å²) in [6.07, 6.45) is 1.88. The highest BCUT2D eigenvalue weighted by Crippen LogP contribution is 2.38. The molecular formula is C19H13BrN2O2. The van der Waals surface area contributed by atoms with Gasteiger partial charge in [0.25, 0.3) is 0 Å². The molecule has 0 spiro atoms. The zero-order valence-electron chi connectivity index (χ0n) is 12.6. The normalized spacial score (nSPS) is 23.3. The van der Waals surface area contributed by atoms with Gasteiger partial charge in [-0.3, -0.25) is 9.59 Å². The molecule has 24 heavy (non-hydrogen) atoms. The first-order chi connectivity index (χ1) is 11.7. The Balaban J connectivity index is 1.74. The minimum absolute atomic E-state index is 0.0667. The Morgan fingerprint density at radius 1 is 0.833 bits per heavy atom. The van der Waals surface area contributed by atoms with Gasteiger partial charge in [0.1, 0.15) is 10.9 Å². The number of hydrogen-bond donors (Lipinski definition) is 0. The molecule has 1 heterocycles. The molecule has 0 N–H and O–H groups in total. The molecule has 1 aliphatic heterocycles. The number of hydrogen-bond acceptors (Lipinski definition) is 4. The number of alkyl halides is 1. The Hall–Kier alpha value is -2.40. The number of rotatable bonds is 2. The Labute approximate surface area is 147 Å². The van der Waals surface area contributed by atoms with Gasteiger partial charge < -0.3 is 0 Å². The van der Waals surface area contributed by atoms with Crippen LogP contribution in [0.1, 0.15) is 32.2 Å². The zero-order valence-corrected chi connectivity index (χ0v) is 14.2. The number of fused-ring (bicyclic) bond motifs is 1. The molecule has 1 aliphatic carbocycles. The molecule has 2 atom stereocenters. The van der Waals surface area contributed by atoms with E-state index < -0.39 is 5.92 Å². The second-order valence-corrected chi connectivity index (χ2v) is 6.76. The molecule has 0 radical (unpaired) electrons. The van der Waals surface area contributed by atoms with Crippen molar-refractivity contribution in [2.75, 3.05) is 0 Å². The van der Waals surface area contributed by atoms with Gasteiger partial charge in [-0.15, -0.1) is 0 Å². The predicted octanol–water partition coefficient (Wildman–Crippen LogP) is 4.54. The maximum absolute atomic E-state index is 12.7. The number of benzene rings is 2. The van der Waals surface area contributed by atoms with E-state index in [2.05, 4.69) is 26.2 Å². The Kier molecular flexibility index (Phi) is 3.73. The summed E-state index contributed by atoms with van der Waals surface area (Å²) >= 11 is 3.51. The van der Waals surface area contributed by atoms with Gasteiger partial charge in [-0.05, 0) is 11.6 Å². The first-order valence-corrected chi connectivity index (χ1v) is 8.57. The maximum atomic E-state index is 12.7. The lowest BCUT2D eigenvalue weighted by Gasteiger charge is -2.22. The van der Waals surface area contributed by atoms with E-state index in [0.717, 1.165) is 5.56 Å². The predicted molar refractivity (Wildman–Crippen MR) is 93.4 cm³/mol. The second kappa shape index (κ2) is 5.91. The van der Waals surface area contributed by atoms with Gasteiger partial charge in [-0.1, -0.05) is 70.5 Å². The smallest absolute Gasteiger partial charge is 0.180 e. The van der Waals surface area contributed by atoms with Crippen molar-refractivity contribution in [3.05, 3.63) is 83.1 Å². The van der Waals surface area contributed by atoms with E-state index in [1.54, 1.807) is 24.3 Å². The number of Topliss-reactive ketones (excluding diaryl/α,β-unsaturated/α-hetero) is 2. The Bertz CT molecular complexity index is 854. The third-order valence-corrected chi connectivity index (χ3v) is 5.15. The number of carbonyl (C=O) groups is 2. The minimum atomic E-state index is -0.877. The van der Waals surface area contributed by atoms with Crippen molar-refractivity contribution >= 4 is 27.5 Å². The molecular weight excluding hydrogens is 368 g/mol. The molecule has 4 nitrogen and oxygen atoms in total. The average molecular weight is 381 g/mol. The highest BCUT2D eigenvalue weighted by atomic mass is 79.9. The van der Waals surface area contributed by atoms with Gasteiger partial charge >= 0.3 is 0 Å². The fraction of sp³-hybridized carbons (Fsp3) is 0.158. The van der Waals surface area contributed by atoms with Crippen molar-refractivity contribution in [3.63, 3.8) is 0 Å². The van der Waals surface area contributed by atoms with E-state index in [-0.39, 0.29) is 22.4 Å². The lowest BCUT2D eigenvalue weighted by Crippen LogP contribution is -2.21. The van der Waals surface area contributed by atoms with Gasteiger partial charge in [-0.2, -0.15) is 10.2 Å². The lowest BCUT2D eigenvalue weighted by molar-refractivity contribution is 0.0862. The highest BCUT2D eigenvalue weighted by molar-refractivity contribution is 9.09. The summed E-state index contributed by atoms with van der Waals surface area (Å²) < 4.78 is 0. The molecule has 0 saturated carbocycles. The van der Waals surface area contributed by atoms with Gasteiger partial charge in [0.2, 0.25) is 0 Å². The number of nitrogens with zero attached hydrogens (tertiary/aromatic N) is 2. The maximum Gasteiger partial charge on any atom is 0.180 e. The van der Waals surface area contributed by atoms with Gasteiger partial charge in [-0.25, -0.2) is 0 Å². The first-order valence-electron chi connectivity index (χ1n) is 7.66. The molecule has 2 aromatic carbocycles. The fourth-order valence-corrected chi connectivity index (χ4v) is 3.74. The van der Waals surface area contributed by atoms with Crippen LogP contribution in [0.5, 0.6) is 0 Å². The molecule has 2 aromatic rings. The summed E-state index contributed by atoms with van der Waals surface area (Å²) in [5, 5.41) is 8.36. The van der Waals surface area contributed by atoms with Crippen LogP contribution in [0.4, 0.5) is 0 Å². The van der Waals surface area contributed by atoms with Gasteiger partial charge in [0.15, 0.2) is 11.6 Å². The summed E-state index contributed by atoms with van der Waals surface area (Å²) in [7, 11) is 0. The fourth-order valence-electron chi connectivity index (χ4n) is 3.19. The topological polar surface area (TPSA) is 58.9 Å². The molecule has 0 aromatic heterocycles. The minimum Gasteiger partial charge on any atom is -0.293 e. The molecule has 0 unspecified atom stereocenters.